The lowest BCUT2D eigenvalue weighted by Crippen LogP contribution is -2.51. The van der Waals surface area contributed by atoms with E-state index in [1.807, 2.05) is 12.1 Å². The summed E-state index contributed by atoms with van der Waals surface area (Å²) in [5.41, 5.74) is 14.1. The van der Waals surface area contributed by atoms with E-state index in [0.29, 0.717) is 6.54 Å². The first-order chi connectivity index (χ1) is 8.11. The molecule has 0 fully saturated rings. The van der Waals surface area contributed by atoms with Crippen LogP contribution in [0.5, 0.6) is 11.5 Å². The Hall–Kier alpha value is -1.26. The van der Waals surface area contributed by atoms with Crippen molar-refractivity contribution in [2.45, 2.75) is 24.8 Å². The zero-order valence-electron chi connectivity index (χ0n) is 10.5. The average Bonchev–Trinajstić information content (AvgIpc) is 2.36. The molecule has 1 aromatic carbocycles. The van der Waals surface area contributed by atoms with Crippen LogP contribution >= 0.6 is 0 Å². The van der Waals surface area contributed by atoms with Crippen LogP contribution in [-0.2, 0) is 12.8 Å². The summed E-state index contributed by atoms with van der Waals surface area (Å²) in [4.78, 5) is 0. The lowest BCUT2D eigenvalue weighted by Gasteiger charge is -2.34. The zero-order chi connectivity index (χ0) is 12.5. The van der Waals surface area contributed by atoms with Crippen molar-refractivity contribution in [2.75, 3.05) is 20.8 Å². The molecule has 1 aliphatic carbocycles. The van der Waals surface area contributed by atoms with Crippen LogP contribution in [0.4, 0.5) is 0 Å². The molecule has 0 saturated carbocycles. The predicted molar refractivity (Wildman–Crippen MR) is 67.5 cm³/mol. The van der Waals surface area contributed by atoms with Crippen molar-refractivity contribution in [1.29, 1.82) is 0 Å². The normalized spacial score (nSPS) is 23.1. The van der Waals surface area contributed by atoms with Gasteiger partial charge in [0.25, 0.3) is 0 Å². The Kier molecular flexibility index (Phi) is 3.26. The minimum absolute atomic E-state index is 0.287. The number of methoxy groups -OCH3 is 2. The van der Waals surface area contributed by atoms with Gasteiger partial charge in [0.05, 0.1) is 14.2 Å². The summed E-state index contributed by atoms with van der Waals surface area (Å²) >= 11 is 0. The van der Waals surface area contributed by atoms with E-state index in [0.717, 1.165) is 30.8 Å². The molecule has 0 spiro atoms. The second kappa shape index (κ2) is 4.55. The largest absolute Gasteiger partial charge is 0.497 e. The molecule has 0 aromatic heterocycles. The van der Waals surface area contributed by atoms with E-state index >= 15 is 0 Å². The van der Waals surface area contributed by atoms with Gasteiger partial charge in [0.1, 0.15) is 11.5 Å². The predicted octanol–water partition coefficient (Wildman–Crippen LogP) is 0.849. The van der Waals surface area contributed by atoms with Crippen LogP contribution in [0.25, 0.3) is 0 Å². The second-order valence-electron chi connectivity index (χ2n) is 4.71. The number of hydrogen-bond acceptors (Lipinski definition) is 4. The molecule has 0 aliphatic heterocycles. The van der Waals surface area contributed by atoms with Crippen molar-refractivity contribution < 1.29 is 9.47 Å². The number of rotatable bonds is 3. The molecular formula is C13H20N2O2. The van der Waals surface area contributed by atoms with E-state index < -0.39 is 0 Å². The van der Waals surface area contributed by atoms with E-state index in [1.165, 1.54) is 11.1 Å². The Morgan fingerprint density at radius 1 is 1.29 bits per heavy atom. The van der Waals surface area contributed by atoms with Gasteiger partial charge in [-0.3, -0.25) is 0 Å². The van der Waals surface area contributed by atoms with Crippen LogP contribution in [0, 0.1) is 0 Å². The third kappa shape index (κ3) is 2.23. The molecule has 2 rings (SSSR count). The Balaban J connectivity index is 2.42. The van der Waals surface area contributed by atoms with Crippen LogP contribution in [0.2, 0.25) is 0 Å². The van der Waals surface area contributed by atoms with Gasteiger partial charge in [0, 0.05) is 18.2 Å². The van der Waals surface area contributed by atoms with Gasteiger partial charge >= 0.3 is 0 Å². The zero-order valence-corrected chi connectivity index (χ0v) is 10.5. The highest BCUT2D eigenvalue weighted by atomic mass is 16.5. The summed E-state index contributed by atoms with van der Waals surface area (Å²) in [6, 6.07) is 3.96. The third-order valence-electron chi connectivity index (χ3n) is 3.55. The molecule has 94 valence electrons. The maximum atomic E-state index is 6.25. The molecule has 0 amide bonds. The molecule has 17 heavy (non-hydrogen) atoms. The van der Waals surface area contributed by atoms with Crippen LogP contribution in [0.3, 0.4) is 0 Å². The first kappa shape index (κ1) is 12.2. The van der Waals surface area contributed by atoms with Crippen molar-refractivity contribution in [3.8, 4) is 11.5 Å². The first-order valence-electron chi connectivity index (χ1n) is 5.84. The number of ether oxygens (including phenoxy) is 2. The van der Waals surface area contributed by atoms with Gasteiger partial charge in [-0.2, -0.15) is 0 Å². The summed E-state index contributed by atoms with van der Waals surface area (Å²) in [6.07, 6.45) is 2.60. The number of nitrogens with two attached hydrogens (primary N) is 2. The minimum Gasteiger partial charge on any atom is -0.497 e. The molecule has 1 atom stereocenters. The summed E-state index contributed by atoms with van der Waals surface area (Å²) in [7, 11) is 3.34. The monoisotopic (exact) mass is 236 g/mol. The van der Waals surface area contributed by atoms with E-state index in [2.05, 4.69) is 0 Å². The van der Waals surface area contributed by atoms with Crippen LogP contribution < -0.4 is 20.9 Å². The van der Waals surface area contributed by atoms with Crippen LogP contribution in [-0.4, -0.2) is 26.3 Å². The Morgan fingerprint density at radius 3 is 2.65 bits per heavy atom. The van der Waals surface area contributed by atoms with Gasteiger partial charge < -0.3 is 20.9 Å². The highest BCUT2D eigenvalue weighted by molar-refractivity contribution is 5.49. The van der Waals surface area contributed by atoms with Crippen molar-refractivity contribution in [3.05, 3.63) is 23.3 Å². The molecule has 1 aromatic rings. The van der Waals surface area contributed by atoms with Crippen molar-refractivity contribution in [3.63, 3.8) is 0 Å². The van der Waals surface area contributed by atoms with Gasteiger partial charge in [-0.1, -0.05) is 0 Å². The third-order valence-corrected chi connectivity index (χ3v) is 3.55. The van der Waals surface area contributed by atoms with Gasteiger partial charge in [-0.15, -0.1) is 0 Å². The Bertz CT molecular complexity index is 420. The summed E-state index contributed by atoms with van der Waals surface area (Å²) < 4.78 is 10.7. The highest BCUT2D eigenvalue weighted by Gasteiger charge is 2.31. The molecule has 0 bridgehead atoms. The number of fused-ring (bicyclic) bond motifs is 1. The molecule has 0 saturated heterocycles. The summed E-state index contributed by atoms with van der Waals surface area (Å²) in [6.45, 7) is 0.506. The van der Waals surface area contributed by atoms with Crippen molar-refractivity contribution >= 4 is 0 Å². The number of hydrogen-bond donors (Lipinski definition) is 2. The SMILES string of the molecule is COc1cc2c(c(OC)c1)CCC(N)(CN)C2. The van der Waals surface area contributed by atoms with Gasteiger partial charge in [0.15, 0.2) is 0 Å². The highest BCUT2D eigenvalue weighted by Crippen LogP contribution is 2.36. The quantitative estimate of drug-likeness (QED) is 0.816. The summed E-state index contributed by atoms with van der Waals surface area (Å²) in [5, 5.41) is 0. The van der Waals surface area contributed by atoms with Crippen molar-refractivity contribution in [1.82, 2.24) is 0 Å². The van der Waals surface area contributed by atoms with E-state index in [-0.39, 0.29) is 5.54 Å². The topological polar surface area (TPSA) is 70.5 Å². The lowest BCUT2D eigenvalue weighted by molar-refractivity contribution is 0.357. The fraction of sp³-hybridized carbons (Fsp3) is 0.538. The standard InChI is InChI=1S/C13H20N2O2/c1-16-10-5-9-7-13(15,8-14)4-3-11(9)12(6-10)17-2/h5-6H,3-4,7-8,14-15H2,1-2H3. The minimum atomic E-state index is -0.287. The fourth-order valence-electron chi connectivity index (χ4n) is 2.43. The molecule has 0 heterocycles. The van der Waals surface area contributed by atoms with E-state index in [9.17, 15) is 0 Å². The Labute approximate surface area is 102 Å². The maximum Gasteiger partial charge on any atom is 0.126 e. The lowest BCUT2D eigenvalue weighted by atomic mass is 9.78. The molecule has 1 aliphatic rings. The molecule has 0 radical (unpaired) electrons. The molecule has 4 heteroatoms. The van der Waals surface area contributed by atoms with Crippen LogP contribution in [0.15, 0.2) is 12.1 Å². The van der Waals surface area contributed by atoms with Gasteiger partial charge in [0.2, 0.25) is 0 Å². The smallest absolute Gasteiger partial charge is 0.126 e. The maximum absolute atomic E-state index is 6.25. The molecule has 1 unspecified atom stereocenters. The van der Waals surface area contributed by atoms with Gasteiger partial charge in [-0.25, -0.2) is 0 Å². The molecular weight excluding hydrogens is 216 g/mol. The average molecular weight is 236 g/mol. The molecule has 4 N–H and O–H groups in total. The summed E-state index contributed by atoms with van der Waals surface area (Å²) in [5.74, 6) is 1.69. The van der Waals surface area contributed by atoms with E-state index in [4.69, 9.17) is 20.9 Å². The van der Waals surface area contributed by atoms with Gasteiger partial charge in [-0.05, 0) is 36.5 Å². The van der Waals surface area contributed by atoms with Crippen molar-refractivity contribution in [2.24, 2.45) is 11.5 Å². The van der Waals surface area contributed by atoms with E-state index in [1.54, 1.807) is 14.2 Å². The number of benzene rings is 1. The fourth-order valence-corrected chi connectivity index (χ4v) is 2.43. The molecule has 4 nitrogen and oxygen atoms in total. The van der Waals surface area contributed by atoms with Crippen LogP contribution in [0.1, 0.15) is 17.5 Å². The first-order valence-corrected chi connectivity index (χ1v) is 5.84. The second-order valence-corrected chi connectivity index (χ2v) is 4.71. The Morgan fingerprint density at radius 2 is 2.06 bits per heavy atom.